The van der Waals surface area contributed by atoms with Crippen LogP contribution in [-0.2, 0) is 10.9 Å². The van der Waals surface area contributed by atoms with Crippen LogP contribution in [-0.4, -0.2) is 26.3 Å². The molecule has 0 aliphatic rings. The van der Waals surface area contributed by atoms with Gasteiger partial charge >= 0.3 is 0 Å². The Kier molecular flexibility index (Phi) is 10.8. The number of halogens is 1. The lowest BCUT2D eigenvalue weighted by atomic mass is 10.8. The molecule has 0 aromatic carbocycles. The fourth-order valence-electron chi connectivity index (χ4n) is 1.38. The van der Waals surface area contributed by atoms with Gasteiger partial charge in [0.2, 0.25) is 0 Å². The summed E-state index contributed by atoms with van der Waals surface area (Å²) in [7, 11) is -0.649. The maximum absolute atomic E-state index is 3.61. The lowest BCUT2D eigenvalue weighted by Gasteiger charge is -2.19. The first-order valence-electron chi connectivity index (χ1n) is 5.14. The van der Waals surface area contributed by atoms with Crippen LogP contribution in [0.1, 0.15) is 20.8 Å². The van der Waals surface area contributed by atoms with E-state index in [1.807, 2.05) is 0 Å². The van der Waals surface area contributed by atoms with Crippen molar-refractivity contribution in [3.63, 3.8) is 0 Å². The Labute approximate surface area is 104 Å². The van der Waals surface area contributed by atoms with Gasteiger partial charge in [0.25, 0.3) is 0 Å². The topological polar surface area (TPSA) is 0 Å². The zero-order valence-corrected chi connectivity index (χ0v) is 13.5. The molecule has 0 spiro atoms. The van der Waals surface area contributed by atoms with Gasteiger partial charge in [0.05, 0.1) is 12.5 Å². The fourth-order valence-corrected chi connectivity index (χ4v) is 4.37. The normalized spacial score (nSPS) is 10.4. The van der Waals surface area contributed by atoms with Crippen molar-refractivity contribution >= 4 is 19.0 Å². The molecule has 0 amide bonds. The third-order valence-electron chi connectivity index (χ3n) is 2.74. The first-order chi connectivity index (χ1) is 6.10. The van der Waals surface area contributed by atoms with E-state index in [2.05, 4.69) is 44.7 Å². The summed E-state index contributed by atoms with van der Waals surface area (Å²) >= 11 is 0. The zero-order chi connectivity index (χ0) is 10.3. The van der Waals surface area contributed by atoms with Crippen LogP contribution in [0.2, 0.25) is 18.1 Å². The molecule has 0 bridgehead atoms. The van der Waals surface area contributed by atoms with Crippen LogP contribution in [0.5, 0.6) is 0 Å². The second kappa shape index (κ2) is 8.88. The van der Waals surface area contributed by atoms with Crippen LogP contribution >= 0.6 is 0 Å². The van der Waals surface area contributed by atoms with Crippen LogP contribution < -0.4 is 17.0 Å². The third-order valence-corrected chi connectivity index (χ3v) is 8.23. The van der Waals surface area contributed by atoms with E-state index < -0.39 is 8.07 Å². The highest BCUT2D eigenvalue weighted by molar-refractivity contribution is 7.95. The molecule has 84 valence electrons. The average Bonchev–Trinajstić information content (AvgIpc) is 2.13. The molecule has 0 rings (SSSR count). The molecule has 3 heteroatoms. The van der Waals surface area contributed by atoms with E-state index >= 15 is 0 Å². The molecule has 0 aromatic heterocycles. The van der Waals surface area contributed by atoms with E-state index in [1.165, 1.54) is 18.1 Å². The van der Waals surface area contributed by atoms with Gasteiger partial charge in [0.1, 0.15) is 8.07 Å². The minimum Gasteiger partial charge on any atom is -1.00 e. The van der Waals surface area contributed by atoms with E-state index in [9.17, 15) is 0 Å². The van der Waals surface area contributed by atoms with Crippen molar-refractivity contribution in [1.29, 1.82) is 0 Å². The van der Waals surface area contributed by atoms with Crippen molar-refractivity contribution in [2.45, 2.75) is 38.9 Å². The van der Waals surface area contributed by atoms with E-state index in [-0.39, 0.29) is 17.0 Å². The minimum atomic E-state index is -1.14. The Morgan fingerprint density at radius 3 is 1.71 bits per heavy atom. The lowest BCUT2D eigenvalue weighted by molar-refractivity contribution is -0.00000308. The molecule has 0 saturated carbocycles. The van der Waals surface area contributed by atoms with E-state index in [4.69, 9.17) is 0 Å². The fraction of sp³-hybridized carbons (Fsp3) is 0.818. The monoisotopic (exact) mass is 294 g/mol. The molecular weight excluding hydrogens is 272 g/mol. The SMILES string of the molecule is CC[Si](C#CC[S+](C)C)(CC)CC.[Br-]. The largest absolute Gasteiger partial charge is 1.00 e. The van der Waals surface area contributed by atoms with Gasteiger partial charge in [0, 0.05) is 0 Å². The molecule has 0 aromatic rings. The van der Waals surface area contributed by atoms with Gasteiger partial charge in [-0.1, -0.05) is 26.7 Å². The van der Waals surface area contributed by atoms with Crippen molar-refractivity contribution in [2.75, 3.05) is 18.3 Å². The Morgan fingerprint density at radius 2 is 1.43 bits per heavy atom. The number of hydrogen-bond acceptors (Lipinski definition) is 0. The van der Waals surface area contributed by atoms with Crippen LogP contribution in [0.4, 0.5) is 0 Å². The molecule has 0 aliphatic carbocycles. The summed E-state index contributed by atoms with van der Waals surface area (Å²) in [6.45, 7) is 6.93. The smallest absolute Gasteiger partial charge is 0.167 e. The second-order valence-corrected chi connectivity index (χ2v) is 11.0. The minimum absolute atomic E-state index is 0. The van der Waals surface area contributed by atoms with Gasteiger partial charge in [-0.05, 0) is 29.0 Å². The molecule has 0 aliphatic heterocycles. The van der Waals surface area contributed by atoms with Gasteiger partial charge in [-0.15, -0.1) is 5.54 Å². The number of rotatable bonds is 4. The summed E-state index contributed by atoms with van der Waals surface area (Å²) in [5.74, 6) is 4.51. The summed E-state index contributed by atoms with van der Waals surface area (Å²) < 4.78 is 0. The van der Waals surface area contributed by atoms with E-state index in [1.54, 1.807) is 0 Å². The predicted molar refractivity (Wildman–Crippen MR) is 69.1 cm³/mol. The average molecular weight is 295 g/mol. The second-order valence-electron chi connectivity index (χ2n) is 3.77. The van der Waals surface area contributed by atoms with Crippen molar-refractivity contribution in [3.05, 3.63) is 0 Å². The summed E-state index contributed by atoms with van der Waals surface area (Å²) in [6, 6.07) is 3.98. The van der Waals surface area contributed by atoms with Crippen molar-refractivity contribution in [3.8, 4) is 11.5 Å². The van der Waals surface area contributed by atoms with Crippen molar-refractivity contribution in [2.24, 2.45) is 0 Å². The highest BCUT2D eigenvalue weighted by Gasteiger charge is 2.24. The lowest BCUT2D eigenvalue weighted by Crippen LogP contribution is -3.00. The molecule has 0 heterocycles. The van der Waals surface area contributed by atoms with Gasteiger partial charge in [0.15, 0.2) is 5.75 Å². The summed E-state index contributed by atoms with van der Waals surface area (Å²) in [6.07, 6.45) is 4.53. The summed E-state index contributed by atoms with van der Waals surface area (Å²) in [5.41, 5.74) is 3.61. The Morgan fingerprint density at radius 1 is 1.00 bits per heavy atom. The first kappa shape index (κ1) is 17.0. The quantitative estimate of drug-likeness (QED) is 0.387. The number of hydrogen-bond donors (Lipinski definition) is 0. The first-order valence-corrected chi connectivity index (χ1v) is 9.97. The molecule has 0 N–H and O–H groups in total. The molecule has 0 unspecified atom stereocenters. The molecular formula is C11H23BrSSi. The van der Waals surface area contributed by atoms with Crippen molar-refractivity contribution in [1.82, 2.24) is 0 Å². The molecule has 0 fully saturated rings. The third kappa shape index (κ3) is 6.16. The highest BCUT2D eigenvalue weighted by atomic mass is 79.9. The van der Waals surface area contributed by atoms with E-state index in [0.29, 0.717) is 10.9 Å². The Balaban J connectivity index is 0. The molecule has 0 nitrogen and oxygen atoms in total. The van der Waals surface area contributed by atoms with Gasteiger partial charge < -0.3 is 17.0 Å². The van der Waals surface area contributed by atoms with Crippen LogP contribution in [0.25, 0.3) is 0 Å². The van der Waals surface area contributed by atoms with Gasteiger partial charge in [-0.25, -0.2) is 0 Å². The van der Waals surface area contributed by atoms with E-state index in [0.717, 1.165) is 5.75 Å². The van der Waals surface area contributed by atoms with Gasteiger partial charge in [-0.2, -0.15) is 0 Å². The van der Waals surface area contributed by atoms with Crippen LogP contribution in [0, 0.1) is 11.5 Å². The van der Waals surface area contributed by atoms with Crippen molar-refractivity contribution < 1.29 is 17.0 Å². The summed E-state index contributed by atoms with van der Waals surface area (Å²) in [4.78, 5) is 0. The molecule has 14 heavy (non-hydrogen) atoms. The summed E-state index contributed by atoms with van der Waals surface area (Å²) in [5, 5.41) is 0. The maximum atomic E-state index is 3.61. The molecule has 0 atom stereocenters. The maximum Gasteiger partial charge on any atom is 0.167 e. The standard InChI is InChI=1S/C11H23SSi.BrH/c1-6-13(7-2,8-3)11-9-10-12(4)5;/h6-8,10H2,1-5H3;1H/q+1;/p-1. The predicted octanol–water partition coefficient (Wildman–Crippen LogP) is -0.0806. The highest BCUT2D eigenvalue weighted by Crippen LogP contribution is 2.18. The van der Waals surface area contributed by atoms with Gasteiger partial charge in [-0.3, -0.25) is 0 Å². The molecule has 0 radical (unpaired) electrons. The molecule has 0 saturated heterocycles. The Bertz CT molecular complexity index is 181. The zero-order valence-electron chi connectivity index (χ0n) is 10.1. The van der Waals surface area contributed by atoms with Crippen LogP contribution in [0.3, 0.4) is 0 Å². The van der Waals surface area contributed by atoms with Crippen LogP contribution in [0.15, 0.2) is 0 Å². The Hall–Kier alpha value is 0.607.